The first kappa shape index (κ1) is 15.0. The van der Waals surface area contributed by atoms with Gasteiger partial charge in [-0.25, -0.2) is 4.39 Å². The fourth-order valence-electron chi connectivity index (χ4n) is 2.87. The van der Waals surface area contributed by atoms with Gasteiger partial charge in [0.15, 0.2) is 0 Å². The van der Waals surface area contributed by atoms with Crippen molar-refractivity contribution in [3.8, 4) is 0 Å². The monoisotopic (exact) mass is 278 g/mol. The number of anilines is 1. The Morgan fingerprint density at radius 3 is 2.85 bits per heavy atom. The largest absolute Gasteiger partial charge is 0.311 e. The highest BCUT2D eigenvalue weighted by molar-refractivity contribution is 5.97. The highest BCUT2D eigenvalue weighted by Crippen LogP contribution is 2.24. The van der Waals surface area contributed by atoms with Gasteiger partial charge in [-0.1, -0.05) is 19.9 Å². The topological polar surface area (TPSA) is 23.6 Å². The highest BCUT2D eigenvalue weighted by atomic mass is 19.1. The Bertz CT molecular complexity index is 475. The van der Waals surface area contributed by atoms with Crippen molar-refractivity contribution in [3.63, 3.8) is 0 Å². The lowest BCUT2D eigenvalue weighted by molar-refractivity contribution is -0.125. The summed E-state index contributed by atoms with van der Waals surface area (Å²) >= 11 is 0. The lowest BCUT2D eigenvalue weighted by atomic mass is 10.0. The van der Waals surface area contributed by atoms with Gasteiger partial charge in [0, 0.05) is 18.8 Å². The molecule has 4 heteroatoms. The maximum atomic E-state index is 13.3. The summed E-state index contributed by atoms with van der Waals surface area (Å²) in [5.41, 5.74) is 0.664. The SMILES string of the molecule is CC(C)CN(C)C1CCCN(c2cccc(F)c2)C1=O. The summed E-state index contributed by atoms with van der Waals surface area (Å²) in [5, 5.41) is 0. The zero-order valence-corrected chi connectivity index (χ0v) is 12.5. The third-order valence-electron chi connectivity index (χ3n) is 3.72. The molecule has 2 rings (SSSR count). The molecule has 110 valence electrons. The number of nitrogens with zero attached hydrogens (tertiary/aromatic N) is 2. The molecule has 0 bridgehead atoms. The lowest BCUT2D eigenvalue weighted by Crippen LogP contribution is -2.52. The fourth-order valence-corrected chi connectivity index (χ4v) is 2.87. The van der Waals surface area contributed by atoms with E-state index < -0.39 is 0 Å². The van der Waals surface area contributed by atoms with Gasteiger partial charge in [0.1, 0.15) is 5.82 Å². The number of hydrogen-bond donors (Lipinski definition) is 0. The number of benzene rings is 1. The molecule has 1 unspecified atom stereocenters. The van der Waals surface area contributed by atoms with Crippen LogP contribution in [0, 0.1) is 11.7 Å². The molecule has 1 saturated heterocycles. The number of carbonyl (C=O) groups is 1. The quantitative estimate of drug-likeness (QED) is 0.845. The van der Waals surface area contributed by atoms with E-state index in [1.165, 1.54) is 12.1 Å². The number of piperidine rings is 1. The molecule has 1 aromatic carbocycles. The molecule has 1 atom stereocenters. The molecule has 0 aromatic heterocycles. The van der Waals surface area contributed by atoms with Gasteiger partial charge in [0.25, 0.3) is 0 Å². The molecule has 0 radical (unpaired) electrons. The second-order valence-corrected chi connectivity index (χ2v) is 5.96. The molecule has 0 saturated carbocycles. The summed E-state index contributed by atoms with van der Waals surface area (Å²) in [4.78, 5) is 16.5. The molecule has 0 spiro atoms. The lowest BCUT2D eigenvalue weighted by Gasteiger charge is -2.37. The van der Waals surface area contributed by atoms with Crippen LogP contribution >= 0.6 is 0 Å². The molecule has 1 aliphatic heterocycles. The van der Waals surface area contributed by atoms with Crippen LogP contribution in [0.4, 0.5) is 10.1 Å². The van der Waals surface area contributed by atoms with Gasteiger partial charge < -0.3 is 4.90 Å². The number of amides is 1. The molecule has 1 aromatic rings. The van der Waals surface area contributed by atoms with Crippen LogP contribution in [0.2, 0.25) is 0 Å². The number of rotatable bonds is 4. The van der Waals surface area contributed by atoms with Crippen molar-refractivity contribution in [2.45, 2.75) is 32.7 Å². The minimum Gasteiger partial charge on any atom is -0.311 e. The molecule has 1 amide bonds. The van der Waals surface area contributed by atoms with E-state index in [0.29, 0.717) is 18.2 Å². The molecule has 1 heterocycles. The van der Waals surface area contributed by atoms with E-state index in [1.807, 2.05) is 7.05 Å². The molecule has 1 aliphatic rings. The Balaban J connectivity index is 2.14. The molecule has 1 fully saturated rings. The van der Waals surface area contributed by atoms with Gasteiger partial charge in [0.2, 0.25) is 5.91 Å². The maximum Gasteiger partial charge on any atom is 0.244 e. The van der Waals surface area contributed by atoms with Crippen LogP contribution in [0.3, 0.4) is 0 Å². The Hall–Kier alpha value is -1.42. The van der Waals surface area contributed by atoms with Crippen molar-refractivity contribution < 1.29 is 9.18 Å². The van der Waals surface area contributed by atoms with Crippen LogP contribution in [0.1, 0.15) is 26.7 Å². The van der Waals surface area contributed by atoms with E-state index in [1.54, 1.807) is 17.0 Å². The molecular weight excluding hydrogens is 255 g/mol. The zero-order chi connectivity index (χ0) is 14.7. The second kappa shape index (κ2) is 6.35. The van der Waals surface area contributed by atoms with Crippen molar-refractivity contribution in [1.82, 2.24) is 4.90 Å². The average Bonchev–Trinajstić information content (AvgIpc) is 2.38. The van der Waals surface area contributed by atoms with Crippen LogP contribution < -0.4 is 4.90 Å². The van der Waals surface area contributed by atoms with Gasteiger partial charge in [0.05, 0.1) is 6.04 Å². The summed E-state index contributed by atoms with van der Waals surface area (Å²) in [7, 11) is 2.00. The van der Waals surface area contributed by atoms with E-state index in [9.17, 15) is 9.18 Å². The predicted octanol–water partition coefficient (Wildman–Crippen LogP) is 2.91. The zero-order valence-electron chi connectivity index (χ0n) is 12.5. The summed E-state index contributed by atoms with van der Waals surface area (Å²) in [5.74, 6) is 0.315. The number of carbonyl (C=O) groups excluding carboxylic acids is 1. The Kier molecular flexibility index (Phi) is 4.76. The standard InChI is InChI=1S/C16H23FN2O/c1-12(2)11-18(3)15-8-5-9-19(16(15)20)14-7-4-6-13(17)10-14/h4,6-7,10,12,15H,5,8-9,11H2,1-3H3. The van der Waals surface area contributed by atoms with E-state index in [0.717, 1.165) is 19.4 Å². The van der Waals surface area contributed by atoms with Gasteiger partial charge in [-0.2, -0.15) is 0 Å². The third kappa shape index (κ3) is 3.37. The Morgan fingerprint density at radius 1 is 1.45 bits per heavy atom. The normalized spacial score (nSPS) is 20.0. The molecule has 3 nitrogen and oxygen atoms in total. The second-order valence-electron chi connectivity index (χ2n) is 5.96. The first-order valence-corrected chi connectivity index (χ1v) is 7.26. The Labute approximate surface area is 120 Å². The van der Waals surface area contributed by atoms with Crippen molar-refractivity contribution >= 4 is 11.6 Å². The van der Waals surface area contributed by atoms with Crippen LogP contribution in [-0.4, -0.2) is 37.0 Å². The molecule has 20 heavy (non-hydrogen) atoms. The number of halogens is 1. The Morgan fingerprint density at radius 2 is 2.20 bits per heavy atom. The van der Waals surface area contributed by atoms with Crippen LogP contribution in [-0.2, 0) is 4.79 Å². The highest BCUT2D eigenvalue weighted by Gasteiger charge is 2.32. The minimum atomic E-state index is -0.298. The van der Waals surface area contributed by atoms with E-state index >= 15 is 0 Å². The van der Waals surface area contributed by atoms with Crippen molar-refractivity contribution in [2.24, 2.45) is 5.92 Å². The van der Waals surface area contributed by atoms with Crippen LogP contribution in [0.15, 0.2) is 24.3 Å². The summed E-state index contributed by atoms with van der Waals surface area (Å²) in [6.07, 6.45) is 1.84. The summed E-state index contributed by atoms with van der Waals surface area (Å²) in [6, 6.07) is 6.20. The van der Waals surface area contributed by atoms with Crippen LogP contribution in [0.25, 0.3) is 0 Å². The fraction of sp³-hybridized carbons (Fsp3) is 0.562. The molecular formula is C16H23FN2O. The maximum absolute atomic E-state index is 13.3. The van der Waals surface area contributed by atoms with Gasteiger partial charge in [-0.3, -0.25) is 9.69 Å². The summed E-state index contributed by atoms with van der Waals surface area (Å²) in [6.45, 7) is 5.87. The average molecular weight is 278 g/mol. The predicted molar refractivity (Wildman–Crippen MR) is 79.2 cm³/mol. The van der Waals surface area contributed by atoms with Crippen molar-refractivity contribution in [1.29, 1.82) is 0 Å². The van der Waals surface area contributed by atoms with E-state index in [-0.39, 0.29) is 17.8 Å². The molecule has 0 aliphatic carbocycles. The number of likely N-dealkylation sites (N-methyl/N-ethyl adjacent to an activating group) is 1. The van der Waals surface area contributed by atoms with Crippen molar-refractivity contribution in [3.05, 3.63) is 30.1 Å². The smallest absolute Gasteiger partial charge is 0.244 e. The van der Waals surface area contributed by atoms with Gasteiger partial charge >= 0.3 is 0 Å². The van der Waals surface area contributed by atoms with Gasteiger partial charge in [-0.05, 0) is 44.0 Å². The third-order valence-corrected chi connectivity index (χ3v) is 3.72. The van der Waals surface area contributed by atoms with E-state index in [2.05, 4.69) is 18.7 Å². The van der Waals surface area contributed by atoms with E-state index in [4.69, 9.17) is 0 Å². The van der Waals surface area contributed by atoms with Crippen molar-refractivity contribution in [2.75, 3.05) is 25.0 Å². The van der Waals surface area contributed by atoms with Gasteiger partial charge in [-0.15, -0.1) is 0 Å². The first-order chi connectivity index (χ1) is 9.49. The summed E-state index contributed by atoms with van der Waals surface area (Å²) < 4.78 is 13.3. The molecule has 0 N–H and O–H groups in total. The first-order valence-electron chi connectivity index (χ1n) is 7.26. The van der Waals surface area contributed by atoms with Crippen LogP contribution in [0.5, 0.6) is 0 Å². The number of hydrogen-bond acceptors (Lipinski definition) is 2. The minimum absolute atomic E-state index is 0.0880.